The third-order valence-corrected chi connectivity index (χ3v) is 6.82. The first kappa shape index (κ1) is 19.9. The van der Waals surface area contributed by atoms with Crippen LogP contribution in [0.15, 0.2) is 53.4 Å². The Labute approximate surface area is 181 Å². The number of fused-ring (bicyclic) bond motifs is 1. The van der Waals surface area contributed by atoms with Crippen molar-refractivity contribution >= 4 is 57.3 Å². The van der Waals surface area contributed by atoms with Gasteiger partial charge in [0.05, 0.1) is 17.3 Å². The van der Waals surface area contributed by atoms with Crippen LogP contribution < -0.4 is 10.6 Å². The first-order valence-electron chi connectivity index (χ1n) is 9.05. The Hall–Kier alpha value is -2.35. The SMILES string of the molecule is CSc1ccccc1NC(=O)C1CCc2sc(NC(=O)c3ccc(Cl)cc3)nc21. The molecule has 3 aromatic rings. The zero-order chi connectivity index (χ0) is 20.4. The lowest BCUT2D eigenvalue weighted by Gasteiger charge is -2.13. The number of aromatic nitrogens is 1. The number of carbonyl (C=O) groups is 2. The second kappa shape index (κ2) is 8.57. The fraction of sp³-hybridized carbons (Fsp3) is 0.190. The fourth-order valence-corrected chi connectivity index (χ4v) is 4.99. The molecule has 1 aliphatic carbocycles. The fourth-order valence-electron chi connectivity index (χ4n) is 3.27. The smallest absolute Gasteiger partial charge is 0.257 e. The number of thioether (sulfide) groups is 1. The molecule has 0 saturated heterocycles. The van der Waals surface area contributed by atoms with Crippen LogP contribution in [0.2, 0.25) is 5.02 Å². The Balaban J connectivity index is 1.48. The number of nitrogens with zero attached hydrogens (tertiary/aromatic N) is 1. The number of halogens is 1. The average Bonchev–Trinajstić information content (AvgIpc) is 3.29. The summed E-state index contributed by atoms with van der Waals surface area (Å²) in [6.45, 7) is 0. The van der Waals surface area contributed by atoms with Crippen LogP contribution in [0.1, 0.15) is 33.3 Å². The maximum absolute atomic E-state index is 12.9. The van der Waals surface area contributed by atoms with E-state index in [9.17, 15) is 9.59 Å². The van der Waals surface area contributed by atoms with Gasteiger partial charge in [0, 0.05) is 20.4 Å². The maximum atomic E-state index is 12.9. The highest BCUT2D eigenvalue weighted by molar-refractivity contribution is 7.98. The number of thiazole rings is 1. The first-order chi connectivity index (χ1) is 14.0. The van der Waals surface area contributed by atoms with E-state index < -0.39 is 0 Å². The molecule has 8 heteroatoms. The van der Waals surface area contributed by atoms with Crippen LogP contribution in [0.5, 0.6) is 0 Å². The Morgan fingerprint density at radius 3 is 2.66 bits per heavy atom. The zero-order valence-corrected chi connectivity index (χ0v) is 18.0. The van der Waals surface area contributed by atoms with E-state index in [1.54, 1.807) is 36.0 Å². The predicted octanol–water partition coefficient (Wildman–Crippen LogP) is 5.44. The zero-order valence-electron chi connectivity index (χ0n) is 15.6. The lowest BCUT2D eigenvalue weighted by Crippen LogP contribution is -2.20. The molecule has 0 spiro atoms. The number of anilines is 2. The highest BCUT2D eigenvalue weighted by Gasteiger charge is 2.33. The molecule has 0 aliphatic heterocycles. The molecule has 5 nitrogen and oxygen atoms in total. The molecule has 0 bridgehead atoms. The van der Waals surface area contributed by atoms with Crippen molar-refractivity contribution in [2.45, 2.75) is 23.7 Å². The third-order valence-electron chi connectivity index (χ3n) is 4.73. The normalized spacial score (nSPS) is 15.0. The summed E-state index contributed by atoms with van der Waals surface area (Å²) in [5.41, 5.74) is 2.08. The lowest BCUT2D eigenvalue weighted by molar-refractivity contribution is -0.117. The summed E-state index contributed by atoms with van der Waals surface area (Å²) in [6, 6.07) is 14.4. The topological polar surface area (TPSA) is 71.1 Å². The van der Waals surface area contributed by atoms with E-state index in [1.807, 2.05) is 30.5 Å². The minimum atomic E-state index is -0.308. The van der Waals surface area contributed by atoms with E-state index in [4.69, 9.17) is 11.6 Å². The highest BCUT2D eigenvalue weighted by Crippen LogP contribution is 2.39. The van der Waals surface area contributed by atoms with E-state index in [-0.39, 0.29) is 17.7 Å². The molecular formula is C21H18ClN3O2S2. The Kier molecular flexibility index (Phi) is 5.89. The molecule has 0 fully saturated rings. The number of hydrogen-bond donors (Lipinski definition) is 2. The molecule has 2 amide bonds. The predicted molar refractivity (Wildman–Crippen MR) is 119 cm³/mol. The molecule has 2 aromatic carbocycles. The van der Waals surface area contributed by atoms with Gasteiger partial charge in [0.25, 0.3) is 5.91 Å². The van der Waals surface area contributed by atoms with Crippen molar-refractivity contribution in [3.05, 3.63) is 69.7 Å². The van der Waals surface area contributed by atoms with Gasteiger partial charge < -0.3 is 5.32 Å². The molecule has 1 aromatic heterocycles. The molecule has 1 unspecified atom stereocenters. The molecule has 1 atom stereocenters. The second-order valence-electron chi connectivity index (χ2n) is 6.57. The molecule has 2 N–H and O–H groups in total. The van der Waals surface area contributed by atoms with E-state index in [0.29, 0.717) is 15.7 Å². The van der Waals surface area contributed by atoms with E-state index >= 15 is 0 Å². The van der Waals surface area contributed by atoms with E-state index in [2.05, 4.69) is 15.6 Å². The van der Waals surface area contributed by atoms with Crippen LogP contribution in [-0.2, 0) is 11.2 Å². The summed E-state index contributed by atoms with van der Waals surface area (Å²) >= 11 is 8.89. The number of benzene rings is 2. The van der Waals surface area contributed by atoms with Gasteiger partial charge in [0.1, 0.15) is 0 Å². The van der Waals surface area contributed by atoms with Crippen LogP contribution in [-0.4, -0.2) is 23.1 Å². The number of hydrogen-bond acceptors (Lipinski definition) is 5. The van der Waals surface area contributed by atoms with Gasteiger partial charge in [-0.25, -0.2) is 4.98 Å². The maximum Gasteiger partial charge on any atom is 0.257 e. The molecule has 1 heterocycles. The van der Waals surface area contributed by atoms with Gasteiger partial charge in [0.15, 0.2) is 5.13 Å². The van der Waals surface area contributed by atoms with E-state index in [1.165, 1.54) is 11.3 Å². The van der Waals surface area contributed by atoms with Gasteiger partial charge >= 0.3 is 0 Å². The van der Waals surface area contributed by atoms with Crippen LogP contribution in [0.4, 0.5) is 10.8 Å². The van der Waals surface area contributed by atoms with Crippen LogP contribution in [0.3, 0.4) is 0 Å². The Bertz CT molecular complexity index is 1070. The molecule has 0 radical (unpaired) electrons. The van der Waals surface area contributed by atoms with Crippen LogP contribution >= 0.6 is 34.7 Å². The second-order valence-corrected chi connectivity index (χ2v) is 8.94. The van der Waals surface area contributed by atoms with Gasteiger partial charge in [0.2, 0.25) is 5.91 Å². The number of nitrogens with one attached hydrogen (secondary N) is 2. The van der Waals surface area contributed by atoms with Crippen molar-refractivity contribution < 1.29 is 9.59 Å². The third kappa shape index (κ3) is 4.32. The molecule has 29 heavy (non-hydrogen) atoms. The van der Waals surface area contributed by atoms with Crippen molar-refractivity contribution in [1.82, 2.24) is 4.98 Å². The van der Waals surface area contributed by atoms with Gasteiger partial charge in [-0.1, -0.05) is 23.7 Å². The molecule has 148 valence electrons. The first-order valence-corrected chi connectivity index (χ1v) is 11.5. The Morgan fingerprint density at radius 2 is 1.90 bits per heavy atom. The molecule has 4 rings (SSSR count). The largest absolute Gasteiger partial charge is 0.324 e. The number of amides is 2. The quantitative estimate of drug-likeness (QED) is 0.515. The Morgan fingerprint density at radius 1 is 1.14 bits per heavy atom. The molecule has 0 saturated carbocycles. The van der Waals surface area contributed by atoms with Crippen molar-refractivity contribution in [3.63, 3.8) is 0 Å². The van der Waals surface area contributed by atoms with Gasteiger partial charge in [-0.2, -0.15) is 0 Å². The van der Waals surface area contributed by atoms with Crippen LogP contribution in [0, 0.1) is 0 Å². The monoisotopic (exact) mass is 443 g/mol. The van der Waals surface area contributed by atoms with Gasteiger partial charge in [-0.05, 0) is 55.5 Å². The van der Waals surface area contributed by atoms with E-state index in [0.717, 1.165) is 34.0 Å². The number of rotatable bonds is 5. The number of aryl methyl sites for hydroxylation is 1. The highest BCUT2D eigenvalue weighted by atomic mass is 35.5. The van der Waals surface area contributed by atoms with Crippen molar-refractivity contribution in [3.8, 4) is 0 Å². The molecular weight excluding hydrogens is 426 g/mol. The average molecular weight is 444 g/mol. The number of para-hydroxylation sites is 1. The standard InChI is InChI=1S/C21H18ClN3O2S2/c1-28-16-5-3-2-4-15(16)23-20(27)14-10-11-17-18(14)24-21(29-17)25-19(26)12-6-8-13(22)9-7-12/h2-9,14H,10-11H2,1H3,(H,23,27)(H,24,25,26). The lowest BCUT2D eigenvalue weighted by atomic mass is 10.1. The summed E-state index contributed by atoms with van der Waals surface area (Å²) in [6.07, 6.45) is 3.49. The summed E-state index contributed by atoms with van der Waals surface area (Å²) < 4.78 is 0. The van der Waals surface area contributed by atoms with Crippen molar-refractivity contribution in [2.75, 3.05) is 16.9 Å². The number of carbonyl (C=O) groups excluding carboxylic acids is 2. The van der Waals surface area contributed by atoms with Crippen LogP contribution in [0.25, 0.3) is 0 Å². The minimum absolute atomic E-state index is 0.0638. The van der Waals surface area contributed by atoms with Crippen molar-refractivity contribution in [2.24, 2.45) is 0 Å². The molecule has 1 aliphatic rings. The van der Waals surface area contributed by atoms with Gasteiger partial charge in [-0.15, -0.1) is 23.1 Å². The minimum Gasteiger partial charge on any atom is -0.324 e. The van der Waals surface area contributed by atoms with Crippen molar-refractivity contribution in [1.29, 1.82) is 0 Å². The summed E-state index contributed by atoms with van der Waals surface area (Å²) in [5.74, 6) is -0.618. The summed E-state index contributed by atoms with van der Waals surface area (Å²) in [4.78, 5) is 31.9. The van der Waals surface area contributed by atoms with Gasteiger partial charge in [-0.3, -0.25) is 14.9 Å². The summed E-state index contributed by atoms with van der Waals surface area (Å²) in [5, 5.41) is 6.94. The summed E-state index contributed by atoms with van der Waals surface area (Å²) in [7, 11) is 0.